The molecule has 1 aromatic carbocycles. The molecule has 0 aliphatic carbocycles. The summed E-state index contributed by atoms with van der Waals surface area (Å²) in [4.78, 5) is 11.8. The second-order valence-corrected chi connectivity index (χ2v) is 4.91. The first kappa shape index (κ1) is 13.7. The summed E-state index contributed by atoms with van der Waals surface area (Å²) in [6.45, 7) is 7.25. The maximum atomic E-state index is 11.8. The molecule has 0 aromatic heterocycles. The molecule has 0 amide bonds. The number of hydrogen-bond acceptors (Lipinski definition) is 3. The van der Waals surface area contributed by atoms with E-state index >= 15 is 0 Å². The molecule has 1 aromatic rings. The third kappa shape index (κ3) is 3.30. The molecule has 0 saturated carbocycles. The first-order chi connectivity index (χ1) is 7.85. The largest absolute Gasteiger partial charge is 0.458 e. The topological polar surface area (TPSA) is 46.5 Å². The molecule has 0 aliphatic rings. The highest BCUT2D eigenvalue weighted by molar-refractivity contribution is 5.89. The molecule has 0 bridgehead atoms. The summed E-state index contributed by atoms with van der Waals surface area (Å²) in [5.74, 6) is -0.355. The Bertz CT molecular complexity index is 368. The van der Waals surface area contributed by atoms with Crippen LogP contribution in [-0.4, -0.2) is 23.3 Å². The zero-order valence-electron chi connectivity index (χ0n) is 10.8. The lowest BCUT2D eigenvalue weighted by Crippen LogP contribution is -2.39. The van der Waals surface area contributed by atoms with E-state index < -0.39 is 11.5 Å². The highest BCUT2D eigenvalue weighted by atomic mass is 16.5. The molecule has 0 heterocycles. The number of esters is 1. The van der Waals surface area contributed by atoms with Crippen molar-refractivity contribution in [3.8, 4) is 0 Å². The molecule has 0 fully saturated rings. The van der Waals surface area contributed by atoms with Gasteiger partial charge in [0.25, 0.3) is 0 Å². The molecule has 2 atom stereocenters. The molecule has 3 nitrogen and oxygen atoms in total. The molecule has 3 heteroatoms. The molecule has 0 radical (unpaired) electrons. The molecule has 17 heavy (non-hydrogen) atoms. The van der Waals surface area contributed by atoms with Crippen molar-refractivity contribution in [2.45, 2.75) is 39.9 Å². The van der Waals surface area contributed by atoms with Crippen molar-refractivity contribution in [2.24, 2.45) is 5.41 Å². The molecule has 1 rings (SSSR count). The number of ether oxygens (including phenoxy) is 1. The summed E-state index contributed by atoms with van der Waals surface area (Å²) in [6.07, 6.45) is -0.892. The third-order valence-electron chi connectivity index (χ3n) is 3.42. The molecular weight excluding hydrogens is 216 g/mol. The van der Waals surface area contributed by atoms with Crippen LogP contribution in [0.15, 0.2) is 30.3 Å². The van der Waals surface area contributed by atoms with E-state index in [4.69, 9.17) is 4.74 Å². The predicted molar refractivity (Wildman–Crippen MR) is 66.8 cm³/mol. The lowest BCUT2D eigenvalue weighted by Gasteiger charge is -2.33. The standard InChI is InChI=1S/C14H20O3/c1-10(15)14(3,4)11(2)17-13(16)12-8-6-5-7-9-12/h5-11,15H,1-4H3. The lowest BCUT2D eigenvalue weighted by atomic mass is 9.82. The van der Waals surface area contributed by atoms with Gasteiger partial charge in [-0.2, -0.15) is 0 Å². The molecule has 1 N–H and O–H groups in total. The Morgan fingerprint density at radius 2 is 1.76 bits per heavy atom. The fraction of sp³-hybridized carbons (Fsp3) is 0.500. The summed E-state index contributed by atoms with van der Waals surface area (Å²) >= 11 is 0. The van der Waals surface area contributed by atoms with E-state index in [1.807, 2.05) is 19.9 Å². The summed E-state index contributed by atoms with van der Waals surface area (Å²) in [5, 5.41) is 9.64. The van der Waals surface area contributed by atoms with Gasteiger partial charge in [0.1, 0.15) is 6.10 Å². The van der Waals surface area contributed by atoms with E-state index in [-0.39, 0.29) is 12.1 Å². The average molecular weight is 236 g/mol. The quantitative estimate of drug-likeness (QED) is 0.817. The Labute approximate surface area is 102 Å². The molecule has 2 unspecified atom stereocenters. The van der Waals surface area contributed by atoms with Gasteiger partial charge in [0, 0.05) is 5.41 Å². The Kier molecular flexibility index (Phi) is 4.29. The number of carbonyl (C=O) groups excluding carboxylic acids is 1. The van der Waals surface area contributed by atoms with Crippen molar-refractivity contribution in [3.05, 3.63) is 35.9 Å². The van der Waals surface area contributed by atoms with Gasteiger partial charge < -0.3 is 9.84 Å². The fourth-order valence-electron chi connectivity index (χ4n) is 1.29. The van der Waals surface area contributed by atoms with Crippen molar-refractivity contribution in [3.63, 3.8) is 0 Å². The van der Waals surface area contributed by atoms with E-state index in [9.17, 15) is 9.90 Å². The molecule has 0 spiro atoms. The second kappa shape index (κ2) is 5.32. The van der Waals surface area contributed by atoms with Gasteiger partial charge >= 0.3 is 5.97 Å². The van der Waals surface area contributed by atoms with Crippen LogP contribution in [0.5, 0.6) is 0 Å². The minimum Gasteiger partial charge on any atom is -0.458 e. The minimum absolute atomic E-state index is 0.352. The fourth-order valence-corrected chi connectivity index (χ4v) is 1.29. The highest BCUT2D eigenvalue weighted by Gasteiger charge is 2.33. The maximum absolute atomic E-state index is 11.8. The van der Waals surface area contributed by atoms with E-state index in [1.165, 1.54) is 0 Å². The van der Waals surface area contributed by atoms with Crippen LogP contribution in [0, 0.1) is 5.41 Å². The van der Waals surface area contributed by atoms with Crippen LogP contribution in [-0.2, 0) is 4.74 Å². The minimum atomic E-state index is -0.541. The predicted octanol–water partition coefficient (Wildman–Crippen LogP) is 2.64. The smallest absolute Gasteiger partial charge is 0.338 e. The van der Waals surface area contributed by atoms with Gasteiger partial charge in [-0.05, 0) is 26.0 Å². The van der Waals surface area contributed by atoms with Crippen LogP contribution < -0.4 is 0 Å². The molecular formula is C14H20O3. The molecule has 0 aliphatic heterocycles. The van der Waals surface area contributed by atoms with Crippen molar-refractivity contribution in [1.82, 2.24) is 0 Å². The number of hydrogen-bond donors (Lipinski definition) is 1. The molecule has 0 saturated heterocycles. The Balaban J connectivity index is 2.70. The lowest BCUT2D eigenvalue weighted by molar-refractivity contribution is -0.0477. The number of carbonyl (C=O) groups is 1. The van der Waals surface area contributed by atoms with Gasteiger partial charge in [0.05, 0.1) is 11.7 Å². The van der Waals surface area contributed by atoms with E-state index in [2.05, 4.69) is 0 Å². The van der Waals surface area contributed by atoms with Crippen molar-refractivity contribution < 1.29 is 14.6 Å². The van der Waals surface area contributed by atoms with E-state index in [0.29, 0.717) is 5.56 Å². The Morgan fingerprint density at radius 1 is 1.24 bits per heavy atom. The maximum Gasteiger partial charge on any atom is 0.338 e. The summed E-state index contributed by atoms with van der Waals surface area (Å²) < 4.78 is 5.36. The van der Waals surface area contributed by atoms with Crippen LogP contribution in [0.3, 0.4) is 0 Å². The van der Waals surface area contributed by atoms with Crippen molar-refractivity contribution >= 4 is 5.97 Å². The summed E-state index contributed by atoms with van der Waals surface area (Å²) in [6, 6.07) is 8.86. The van der Waals surface area contributed by atoms with Gasteiger partial charge in [-0.15, -0.1) is 0 Å². The first-order valence-electron chi connectivity index (χ1n) is 5.79. The van der Waals surface area contributed by atoms with Gasteiger partial charge in [0.15, 0.2) is 0 Å². The summed E-state index contributed by atoms with van der Waals surface area (Å²) in [5.41, 5.74) is 0.0606. The van der Waals surface area contributed by atoms with E-state index in [0.717, 1.165) is 0 Å². The monoisotopic (exact) mass is 236 g/mol. The molecule has 94 valence electrons. The van der Waals surface area contributed by atoms with Gasteiger partial charge in [-0.1, -0.05) is 32.0 Å². The van der Waals surface area contributed by atoms with Crippen molar-refractivity contribution in [2.75, 3.05) is 0 Å². The number of aliphatic hydroxyl groups excluding tert-OH is 1. The van der Waals surface area contributed by atoms with Crippen LogP contribution in [0.25, 0.3) is 0 Å². The Hall–Kier alpha value is -1.35. The number of rotatable bonds is 4. The second-order valence-electron chi connectivity index (χ2n) is 4.91. The average Bonchev–Trinajstić information content (AvgIpc) is 2.29. The number of aliphatic hydroxyl groups is 1. The van der Waals surface area contributed by atoms with Crippen LogP contribution >= 0.6 is 0 Å². The van der Waals surface area contributed by atoms with Crippen LogP contribution in [0.4, 0.5) is 0 Å². The van der Waals surface area contributed by atoms with Gasteiger partial charge in [0.2, 0.25) is 0 Å². The van der Waals surface area contributed by atoms with Gasteiger partial charge in [-0.3, -0.25) is 0 Å². The van der Waals surface area contributed by atoms with Crippen LogP contribution in [0.1, 0.15) is 38.1 Å². The third-order valence-corrected chi connectivity index (χ3v) is 3.42. The van der Waals surface area contributed by atoms with E-state index in [1.54, 1.807) is 38.1 Å². The van der Waals surface area contributed by atoms with Crippen molar-refractivity contribution in [1.29, 1.82) is 0 Å². The highest BCUT2D eigenvalue weighted by Crippen LogP contribution is 2.28. The SMILES string of the molecule is CC(O)C(C)(C)C(C)OC(=O)c1ccccc1. The first-order valence-corrected chi connectivity index (χ1v) is 5.79. The summed E-state index contributed by atoms with van der Waals surface area (Å²) in [7, 11) is 0. The Morgan fingerprint density at radius 3 is 2.24 bits per heavy atom. The zero-order chi connectivity index (χ0) is 13.1. The van der Waals surface area contributed by atoms with Crippen LogP contribution in [0.2, 0.25) is 0 Å². The van der Waals surface area contributed by atoms with Gasteiger partial charge in [-0.25, -0.2) is 4.79 Å². The zero-order valence-corrected chi connectivity index (χ0v) is 10.8. The normalized spacial score (nSPS) is 15.1. The number of benzene rings is 1.